The van der Waals surface area contributed by atoms with Crippen molar-refractivity contribution in [3.63, 3.8) is 0 Å². The molecule has 0 rings (SSSR count). The van der Waals surface area contributed by atoms with Crippen LogP contribution in [0, 0.1) is 0 Å². The molecule has 0 saturated carbocycles. The Morgan fingerprint density at radius 2 is 1.88 bits per heavy atom. The minimum atomic E-state index is -0.425. The zero-order chi connectivity index (χ0) is 12.4. The number of hydrogen-bond acceptors (Lipinski definition) is 5. The molecule has 0 aromatic rings. The molecular weight excluding hydrogens is 226 g/mol. The van der Waals surface area contributed by atoms with Gasteiger partial charge in [0.2, 0.25) is 5.91 Å². The first kappa shape index (κ1) is 15.7. The topological polar surface area (TPSA) is 55.8 Å². The molecule has 6 heteroatoms. The Morgan fingerprint density at radius 3 is 2.38 bits per heavy atom. The fraction of sp³-hybridized carbons (Fsp3) is 0.900. The summed E-state index contributed by atoms with van der Waals surface area (Å²) in [6.45, 7) is 3.39. The number of amides is 1. The Balaban J connectivity index is 3.64. The first-order chi connectivity index (χ1) is 7.61. The number of carbonyl (C=O) groups is 1. The number of carbonyl (C=O) groups excluding carboxylic acids is 1. The van der Waals surface area contributed by atoms with Crippen LogP contribution in [-0.2, 0) is 4.79 Å². The average Bonchev–Trinajstić information content (AvgIpc) is 2.25. The van der Waals surface area contributed by atoms with Gasteiger partial charge >= 0.3 is 0 Å². The highest BCUT2D eigenvalue weighted by Gasteiger charge is 2.10. The zero-order valence-electron chi connectivity index (χ0n) is 10.1. The predicted molar refractivity (Wildman–Crippen MR) is 68.9 cm³/mol. The normalized spacial score (nSPS) is 10.8. The van der Waals surface area contributed by atoms with E-state index in [0.717, 1.165) is 19.6 Å². The molecule has 0 bridgehead atoms. The first-order valence-corrected chi connectivity index (χ1v) is 6.10. The van der Waals surface area contributed by atoms with Crippen LogP contribution < -0.4 is 5.32 Å². The number of nitrogens with one attached hydrogen (secondary N) is 1. The summed E-state index contributed by atoms with van der Waals surface area (Å²) in [5.74, 6) is 0.382. The third kappa shape index (κ3) is 7.92. The molecule has 0 fully saturated rings. The lowest BCUT2D eigenvalue weighted by molar-refractivity contribution is -0.133. The standard InChI is InChI=1S/C10H23N3O2S/c1-12(2)5-3-11-4-6-13(7-8-16)10(15)9-14/h11,14,16H,3-9H2,1-2H3. The molecule has 0 atom stereocenters. The highest BCUT2D eigenvalue weighted by atomic mass is 32.1. The van der Waals surface area contributed by atoms with E-state index in [9.17, 15) is 4.79 Å². The molecule has 2 N–H and O–H groups in total. The maximum Gasteiger partial charge on any atom is 0.248 e. The number of thiol groups is 1. The van der Waals surface area contributed by atoms with Crippen molar-refractivity contribution in [2.24, 2.45) is 0 Å². The highest BCUT2D eigenvalue weighted by molar-refractivity contribution is 7.80. The summed E-state index contributed by atoms with van der Waals surface area (Å²) in [6, 6.07) is 0. The summed E-state index contributed by atoms with van der Waals surface area (Å²) >= 11 is 4.08. The van der Waals surface area contributed by atoms with Crippen LogP contribution in [0.3, 0.4) is 0 Å². The predicted octanol–water partition coefficient (Wildman–Crippen LogP) is -1.11. The Morgan fingerprint density at radius 1 is 1.25 bits per heavy atom. The summed E-state index contributed by atoms with van der Waals surface area (Å²) in [6.07, 6.45) is 0. The van der Waals surface area contributed by atoms with Gasteiger partial charge in [-0.3, -0.25) is 4.79 Å². The van der Waals surface area contributed by atoms with Crippen molar-refractivity contribution < 1.29 is 9.90 Å². The maximum absolute atomic E-state index is 11.3. The van der Waals surface area contributed by atoms with Gasteiger partial charge in [0, 0.05) is 38.5 Å². The third-order valence-corrected chi connectivity index (χ3v) is 2.35. The lowest BCUT2D eigenvalue weighted by atomic mass is 10.4. The summed E-state index contributed by atoms with van der Waals surface area (Å²) in [7, 11) is 4.04. The minimum absolute atomic E-state index is 0.233. The first-order valence-electron chi connectivity index (χ1n) is 5.46. The van der Waals surface area contributed by atoms with Gasteiger partial charge in [0.15, 0.2) is 0 Å². The van der Waals surface area contributed by atoms with Crippen LogP contribution in [0.15, 0.2) is 0 Å². The smallest absolute Gasteiger partial charge is 0.248 e. The molecule has 0 heterocycles. The molecule has 0 spiro atoms. The van der Waals surface area contributed by atoms with Gasteiger partial charge in [-0.15, -0.1) is 0 Å². The molecule has 0 aliphatic heterocycles. The van der Waals surface area contributed by atoms with E-state index in [-0.39, 0.29) is 5.91 Å². The number of aliphatic hydroxyl groups excluding tert-OH is 1. The van der Waals surface area contributed by atoms with Crippen LogP contribution in [-0.4, -0.2) is 80.0 Å². The molecule has 0 aliphatic rings. The third-order valence-electron chi connectivity index (χ3n) is 2.15. The van der Waals surface area contributed by atoms with E-state index in [2.05, 4.69) is 22.8 Å². The Bertz CT molecular complexity index is 191. The molecular formula is C10H23N3O2S. The van der Waals surface area contributed by atoms with E-state index in [0.29, 0.717) is 18.8 Å². The van der Waals surface area contributed by atoms with Crippen LogP contribution in [0.4, 0.5) is 0 Å². The Labute approximate surface area is 103 Å². The lowest BCUT2D eigenvalue weighted by Gasteiger charge is -2.21. The van der Waals surface area contributed by atoms with E-state index >= 15 is 0 Å². The maximum atomic E-state index is 11.3. The van der Waals surface area contributed by atoms with Gasteiger partial charge in [0.1, 0.15) is 6.61 Å². The Kier molecular flexibility index (Phi) is 9.71. The van der Waals surface area contributed by atoms with E-state index < -0.39 is 6.61 Å². The van der Waals surface area contributed by atoms with Crippen molar-refractivity contribution in [3.05, 3.63) is 0 Å². The van der Waals surface area contributed by atoms with Gasteiger partial charge < -0.3 is 20.2 Å². The quantitative estimate of drug-likeness (QED) is 0.358. The molecule has 0 aromatic heterocycles. The zero-order valence-corrected chi connectivity index (χ0v) is 11.0. The molecule has 0 unspecified atom stereocenters. The highest BCUT2D eigenvalue weighted by Crippen LogP contribution is 1.90. The largest absolute Gasteiger partial charge is 0.387 e. The van der Waals surface area contributed by atoms with E-state index in [1.54, 1.807) is 4.90 Å². The van der Waals surface area contributed by atoms with Crippen molar-refractivity contribution in [1.82, 2.24) is 15.1 Å². The van der Waals surface area contributed by atoms with Crippen molar-refractivity contribution in [2.75, 3.05) is 59.2 Å². The summed E-state index contributed by atoms with van der Waals surface area (Å²) < 4.78 is 0. The fourth-order valence-electron chi connectivity index (χ4n) is 1.22. The molecule has 0 radical (unpaired) electrons. The second-order valence-electron chi connectivity index (χ2n) is 3.82. The number of aliphatic hydroxyl groups is 1. The molecule has 0 aromatic carbocycles. The number of hydrogen-bond donors (Lipinski definition) is 3. The number of nitrogens with zero attached hydrogens (tertiary/aromatic N) is 2. The monoisotopic (exact) mass is 249 g/mol. The Hall–Kier alpha value is -0.300. The van der Waals surface area contributed by atoms with Gasteiger partial charge in [0.25, 0.3) is 0 Å². The van der Waals surface area contributed by atoms with Crippen LogP contribution in [0.1, 0.15) is 0 Å². The second-order valence-corrected chi connectivity index (χ2v) is 4.26. The van der Waals surface area contributed by atoms with E-state index in [1.165, 1.54) is 0 Å². The van der Waals surface area contributed by atoms with Crippen LogP contribution >= 0.6 is 12.6 Å². The van der Waals surface area contributed by atoms with Gasteiger partial charge in [-0.1, -0.05) is 0 Å². The summed E-state index contributed by atoms with van der Waals surface area (Å²) in [5, 5.41) is 12.0. The minimum Gasteiger partial charge on any atom is -0.387 e. The van der Waals surface area contributed by atoms with Gasteiger partial charge in [0.05, 0.1) is 0 Å². The molecule has 0 saturated heterocycles. The average molecular weight is 249 g/mol. The lowest BCUT2D eigenvalue weighted by Crippen LogP contribution is -2.40. The number of rotatable bonds is 9. The van der Waals surface area contributed by atoms with E-state index in [4.69, 9.17) is 5.11 Å². The number of likely N-dealkylation sites (N-methyl/N-ethyl adjacent to an activating group) is 1. The SMILES string of the molecule is CN(C)CCNCCN(CCS)C(=O)CO. The molecule has 96 valence electrons. The van der Waals surface area contributed by atoms with Crippen molar-refractivity contribution in [2.45, 2.75) is 0 Å². The van der Waals surface area contributed by atoms with Crippen LogP contribution in [0.25, 0.3) is 0 Å². The van der Waals surface area contributed by atoms with Crippen molar-refractivity contribution in [3.8, 4) is 0 Å². The molecule has 0 aliphatic carbocycles. The molecule has 5 nitrogen and oxygen atoms in total. The van der Waals surface area contributed by atoms with Gasteiger partial charge in [-0.2, -0.15) is 12.6 Å². The van der Waals surface area contributed by atoms with Crippen molar-refractivity contribution >= 4 is 18.5 Å². The summed E-state index contributed by atoms with van der Waals surface area (Å²) in [5.41, 5.74) is 0. The van der Waals surface area contributed by atoms with Crippen molar-refractivity contribution in [1.29, 1.82) is 0 Å². The van der Waals surface area contributed by atoms with E-state index in [1.807, 2.05) is 14.1 Å². The molecule has 1 amide bonds. The van der Waals surface area contributed by atoms with Gasteiger partial charge in [-0.05, 0) is 14.1 Å². The fourth-order valence-corrected chi connectivity index (χ4v) is 1.47. The van der Waals surface area contributed by atoms with Crippen LogP contribution in [0.5, 0.6) is 0 Å². The second kappa shape index (κ2) is 9.89. The molecule has 16 heavy (non-hydrogen) atoms. The van der Waals surface area contributed by atoms with Gasteiger partial charge in [-0.25, -0.2) is 0 Å². The summed E-state index contributed by atoms with van der Waals surface area (Å²) in [4.78, 5) is 15.0. The van der Waals surface area contributed by atoms with Crippen LogP contribution in [0.2, 0.25) is 0 Å².